The Morgan fingerprint density at radius 2 is 1.68 bits per heavy atom. The highest BCUT2D eigenvalue weighted by molar-refractivity contribution is 7.92. The summed E-state index contributed by atoms with van der Waals surface area (Å²) < 4.78 is 31.9. The van der Waals surface area contributed by atoms with Gasteiger partial charge in [0.1, 0.15) is 11.8 Å². The van der Waals surface area contributed by atoms with Crippen LogP contribution in [0, 0.1) is 13.8 Å². The van der Waals surface area contributed by atoms with Gasteiger partial charge in [-0.2, -0.15) is 0 Å². The van der Waals surface area contributed by atoms with Gasteiger partial charge in [0.15, 0.2) is 0 Å². The van der Waals surface area contributed by atoms with Crippen LogP contribution in [0.15, 0.2) is 42.5 Å². The maximum atomic E-state index is 13.6. The SMILES string of the molecule is CC[C@@H](C)NC(=O)[C@@H](CC)N(Cc1ccc(OC)cc1)C(=O)CCCN(c1cc(C)ccc1C)S(C)(=O)=O. The number of benzene rings is 2. The highest BCUT2D eigenvalue weighted by atomic mass is 32.2. The molecule has 2 aromatic carbocycles. The molecule has 0 radical (unpaired) electrons. The van der Waals surface area contributed by atoms with Crippen LogP contribution in [0.1, 0.15) is 63.1 Å². The summed E-state index contributed by atoms with van der Waals surface area (Å²) >= 11 is 0. The first-order chi connectivity index (χ1) is 17.9. The number of ether oxygens (including phenoxy) is 1. The molecule has 0 aliphatic rings. The average Bonchev–Trinajstić information content (AvgIpc) is 2.87. The predicted molar refractivity (Wildman–Crippen MR) is 153 cm³/mol. The Balaban J connectivity index is 2.26. The van der Waals surface area contributed by atoms with Crippen LogP contribution in [0.2, 0.25) is 0 Å². The monoisotopic (exact) mass is 545 g/mol. The van der Waals surface area contributed by atoms with Gasteiger partial charge in [0.25, 0.3) is 0 Å². The topological polar surface area (TPSA) is 96.0 Å². The minimum atomic E-state index is -3.55. The van der Waals surface area contributed by atoms with E-state index in [9.17, 15) is 18.0 Å². The van der Waals surface area contributed by atoms with E-state index in [-0.39, 0.29) is 37.4 Å². The molecule has 0 aromatic heterocycles. The largest absolute Gasteiger partial charge is 0.497 e. The van der Waals surface area contributed by atoms with E-state index in [4.69, 9.17) is 4.74 Å². The van der Waals surface area contributed by atoms with Crippen molar-refractivity contribution >= 4 is 27.5 Å². The first kappa shape index (κ1) is 31.1. The van der Waals surface area contributed by atoms with Crippen molar-refractivity contribution in [2.45, 2.75) is 78.9 Å². The Kier molecular flexibility index (Phi) is 11.6. The number of hydrogen-bond donors (Lipinski definition) is 1. The van der Waals surface area contributed by atoms with Crippen LogP contribution in [0.3, 0.4) is 0 Å². The Labute approximate surface area is 228 Å². The van der Waals surface area contributed by atoms with Crippen LogP contribution in [0.4, 0.5) is 5.69 Å². The second-order valence-electron chi connectivity index (χ2n) is 9.84. The second kappa shape index (κ2) is 14.2. The number of amides is 2. The first-order valence-corrected chi connectivity index (χ1v) is 15.0. The molecule has 0 fully saturated rings. The van der Waals surface area contributed by atoms with E-state index in [1.54, 1.807) is 12.0 Å². The molecule has 9 heteroatoms. The standard InChI is InChI=1S/C29H43N3O5S/c1-8-23(5)30-29(34)26(9-2)31(20-24-14-16-25(37-6)17-15-24)28(33)11-10-18-32(38(7,35)36)27-19-21(3)12-13-22(27)4/h12-17,19,23,26H,8-11,18,20H2,1-7H3,(H,30,34)/t23-,26-/m1/s1. The van der Waals surface area contributed by atoms with Crippen LogP contribution in [-0.2, 0) is 26.2 Å². The number of nitrogens with one attached hydrogen (secondary N) is 1. The molecule has 0 unspecified atom stereocenters. The van der Waals surface area contributed by atoms with Crippen molar-refractivity contribution in [1.29, 1.82) is 0 Å². The number of nitrogens with zero attached hydrogens (tertiary/aromatic N) is 2. The summed E-state index contributed by atoms with van der Waals surface area (Å²) in [6, 6.07) is 12.5. The van der Waals surface area contributed by atoms with Crippen molar-refractivity contribution in [2.24, 2.45) is 0 Å². The van der Waals surface area contributed by atoms with Crippen molar-refractivity contribution < 1.29 is 22.7 Å². The van der Waals surface area contributed by atoms with Crippen molar-refractivity contribution in [2.75, 3.05) is 24.2 Å². The van der Waals surface area contributed by atoms with Crippen LogP contribution < -0.4 is 14.4 Å². The Morgan fingerprint density at radius 1 is 1.03 bits per heavy atom. The van der Waals surface area contributed by atoms with Crippen LogP contribution in [-0.4, -0.2) is 57.1 Å². The van der Waals surface area contributed by atoms with E-state index < -0.39 is 16.1 Å². The van der Waals surface area contributed by atoms with E-state index in [0.717, 1.165) is 23.1 Å². The average molecular weight is 546 g/mol. The maximum absolute atomic E-state index is 13.6. The number of anilines is 1. The summed E-state index contributed by atoms with van der Waals surface area (Å²) in [4.78, 5) is 28.3. The third kappa shape index (κ3) is 8.75. The van der Waals surface area contributed by atoms with E-state index in [2.05, 4.69) is 5.32 Å². The second-order valence-corrected chi connectivity index (χ2v) is 11.7. The highest BCUT2D eigenvalue weighted by Crippen LogP contribution is 2.25. The number of rotatable bonds is 14. The molecule has 0 heterocycles. The molecule has 2 amide bonds. The normalized spacial score (nSPS) is 12.9. The third-order valence-corrected chi connectivity index (χ3v) is 7.86. The van der Waals surface area contributed by atoms with Crippen molar-refractivity contribution in [3.8, 4) is 5.75 Å². The van der Waals surface area contributed by atoms with Gasteiger partial charge in [-0.15, -0.1) is 0 Å². The van der Waals surface area contributed by atoms with E-state index in [0.29, 0.717) is 24.3 Å². The molecular weight excluding hydrogens is 502 g/mol. The maximum Gasteiger partial charge on any atom is 0.243 e. The number of carbonyl (C=O) groups excluding carboxylic acids is 2. The predicted octanol–water partition coefficient (Wildman–Crippen LogP) is 4.58. The van der Waals surface area contributed by atoms with Gasteiger partial charge in [-0.05, 0) is 74.9 Å². The van der Waals surface area contributed by atoms with E-state index >= 15 is 0 Å². The molecule has 2 atom stereocenters. The zero-order valence-electron chi connectivity index (χ0n) is 23.8. The van der Waals surface area contributed by atoms with Gasteiger partial charge in [0.2, 0.25) is 21.8 Å². The van der Waals surface area contributed by atoms with Crippen molar-refractivity contribution in [1.82, 2.24) is 10.2 Å². The number of hydrogen-bond acceptors (Lipinski definition) is 5. The van der Waals surface area contributed by atoms with Gasteiger partial charge in [-0.25, -0.2) is 8.42 Å². The highest BCUT2D eigenvalue weighted by Gasteiger charge is 2.29. The molecule has 0 aliphatic carbocycles. The molecule has 0 aliphatic heterocycles. The fourth-order valence-electron chi connectivity index (χ4n) is 4.26. The fourth-order valence-corrected chi connectivity index (χ4v) is 5.27. The lowest BCUT2D eigenvalue weighted by atomic mass is 10.1. The molecule has 0 saturated heterocycles. The summed E-state index contributed by atoms with van der Waals surface area (Å²) in [7, 11) is -1.96. The van der Waals surface area contributed by atoms with Gasteiger partial charge in [-0.1, -0.05) is 38.1 Å². The fraction of sp³-hybridized carbons (Fsp3) is 0.517. The molecule has 210 valence electrons. The molecule has 0 spiro atoms. The minimum absolute atomic E-state index is 0.00428. The molecule has 2 aromatic rings. The van der Waals surface area contributed by atoms with E-state index in [1.807, 2.05) is 77.1 Å². The lowest BCUT2D eigenvalue weighted by Crippen LogP contribution is -2.50. The summed E-state index contributed by atoms with van der Waals surface area (Å²) in [6.45, 7) is 10.0. The smallest absolute Gasteiger partial charge is 0.243 e. The Morgan fingerprint density at radius 3 is 2.24 bits per heavy atom. The number of methoxy groups -OCH3 is 1. The lowest BCUT2D eigenvalue weighted by molar-refractivity contribution is -0.141. The summed E-state index contributed by atoms with van der Waals surface area (Å²) in [6.07, 6.45) is 2.86. The first-order valence-electron chi connectivity index (χ1n) is 13.2. The molecule has 1 N–H and O–H groups in total. The minimum Gasteiger partial charge on any atom is -0.497 e. The van der Waals surface area contributed by atoms with Crippen molar-refractivity contribution in [3.05, 3.63) is 59.2 Å². The zero-order valence-corrected chi connectivity index (χ0v) is 24.6. The summed E-state index contributed by atoms with van der Waals surface area (Å²) in [5.41, 5.74) is 3.30. The van der Waals surface area contributed by atoms with E-state index in [1.165, 1.54) is 10.6 Å². The van der Waals surface area contributed by atoms with Gasteiger partial charge < -0.3 is 15.0 Å². The molecule has 0 bridgehead atoms. The lowest BCUT2D eigenvalue weighted by Gasteiger charge is -2.32. The third-order valence-electron chi connectivity index (χ3n) is 6.68. The van der Waals surface area contributed by atoms with Crippen LogP contribution >= 0.6 is 0 Å². The molecule has 8 nitrogen and oxygen atoms in total. The number of carbonyl (C=O) groups is 2. The van der Waals surface area contributed by atoms with Gasteiger partial charge in [0.05, 0.1) is 19.1 Å². The van der Waals surface area contributed by atoms with Gasteiger partial charge in [-0.3, -0.25) is 13.9 Å². The quantitative estimate of drug-likeness (QED) is 0.375. The molecular formula is C29H43N3O5S. The molecule has 0 saturated carbocycles. The summed E-state index contributed by atoms with van der Waals surface area (Å²) in [5.74, 6) is 0.332. The summed E-state index contributed by atoms with van der Waals surface area (Å²) in [5, 5.41) is 3.01. The van der Waals surface area contributed by atoms with Crippen molar-refractivity contribution in [3.63, 3.8) is 0 Å². The van der Waals surface area contributed by atoms with Crippen LogP contribution in [0.25, 0.3) is 0 Å². The zero-order chi connectivity index (χ0) is 28.5. The van der Waals surface area contributed by atoms with Gasteiger partial charge >= 0.3 is 0 Å². The van der Waals surface area contributed by atoms with Gasteiger partial charge in [0, 0.05) is 25.6 Å². The molecule has 38 heavy (non-hydrogen) atoms. The number of sulfonamides is 1. The number of aryl methyl sites for hydroxylation is 2. The van der Waals surface area contributed by atoms with Crippen LogP contribution in [0.5, 0.6) is 5.75 Å². The molecule has 2 rings (SSSR count). The Bertz CT molecular complexity index is 1180. The Hall–Kier alpha value is -3.07.